The molecule has 0 unspecified atom stereocenters. The van der Waals surface area contributed by atoms with Crippen molar-refractivity contribution in [1.29, 1.82) is 0 Å². The zero-order valence-corrected chi connectivity index (χ0v) is 31.0. The first-order valence-corrected chi connectivity index (χ1v) is 19.4. The molecule has 3 aromatic heterocycles. The average molecular weight is 742 g/mol. The molecule has 3 heterocycles. The van der Waals surface area contributed by atoms with E-state index < -0.39 is 0 Å². The number of para-hydroxylation sites is 4. The molecule has 0 amide bonds. The highest BCUT2D eigenvalue weighted by Crippen LogP contribution is 2.42. The van der Waals surface area contributed by atoms with E-state index in [0.29, 0.717) is 17.5 Å². The molecule has 0 bridgehead atoms. The van der Waals surface area contributed by atoms with E-state index in [1.54, 1.807) is 0 Å². The van der Waals surface area contributed by atoms with Crippen LogP contribution >= 0.6 is 0 Å². The van der Waals surface area contributed by atoms with Gasteiger partial charge in [-0.1, -0.05) is 146 Å². The fourth-order valence-electron chi connectivity index (χ4n) is 8.64. The molecule has 0 fully saturated rings. The van der Waals surface area contributed by atoms with Crippen LogP contribution in [0.5, 0.6) is 0 Å². The lowest BCUT2D eigenvalue weighted by Crippen LogP contribution is -2.00. The summed E-state index contributed by atoms with van der Waals surface area (Å²) in [4.78, 5) is 20.8. The van der Waals surface area contributed by atoms with Gasteiger partial charge in [-0.25, -0.2) is 19.9 Å². The zero-order chi connectivity index (χ0) is 38.2. The molecular weight excluding hydrogens is 711 g/mol. The summed E-state index contributed by atoms with van der Waals surface area (Å²) in [6, 6.07) is 64.9. The van der Waals surface area contributed by atoms with Gasteiger partial charge < -0.3 is 4.42 Å². The van der Waals surface area contributed by atoms with Gasteiger partial charge in [0.05, 0.1) is 16.6 Å². The normalized spacial score (nSPS) is 11.8. The second kappa shape index (κ2) is 12.8. The second-order valence-electron chi connectivity index (χ2n) is 14.6. The van der Waals surface area contributed by atoms with E-state index in [1.165, 1.54) is 26.9 Å². The smallest absolute Gasteiger partial charge is 0.164 e. The highest BCUT2D eigenvalue weighted by molar-refractivity contribution is 6.25. The Morgan fingerprint density at radius 3 is 1.71 bits per heavy atom. The minimum atomic E-state index is 0.572. The van der Waals surface area contributed by atoms with Crippen molar-refractivity contribution in [1.82, 2.24) is 24.5 Å². The standard InChI is InChI=1S/C52H31N5O/c1-3-15-32(16-4-1)49-54-50(33-29-30-39-37-21-8-7-19-35(37)36-20-9-10-22-38(36)43(39)31-33)56-51(55-49)41-24-14-28-46-47(41)40-23-13-25-42(48(40)58-46)52-53-44-26-11-12-27-45(44)57(52)34-17-5-2-6-18-34/h1-31H. The Morgan fingerprint density at radius 1 is 0.379 bits per heavy atom. The topological polar surface area (TPSA) is 69.6 Å². The third-order valence-electron chi connectivity index (χ3n) is 11.2. The SMILES string of the molecule is c1ccc(-c2nc(-c3ccc4c5ccccc5c5ccccc5c4c3)nc(-c3cccc4oc5c(-c6nc7ccccc7n6-c6ccccc6)cccc5c34)n2)cc1. The molecule has 6 heteroatoms. The van der Waals surface area contributed by atoms with E-state index in [-0.39, 0.29) is 0 Å². The van der Waals surface area contributed by atoms with Gasteiger partial charge in [0.25, 0.3) is 0 Å². The maximum Gasteiger partial charge on any atom is 0.164 e. The van der Waals surface area contributed by atoms with Crippen molar-refractivity contribution in [3.05, 3.63) is 188 Å². The number of aromatic nitrogens is 5. The van der Waals surface area contributed by atoms with Gasteiger partial charge in [0.15, 0.2) is 17.5 Å². The summed E-state index contributed by atoms with van der Waals surface area (Å²) in [7, 11) is 0. The number of imidazole rings is 1. The molecule has 9 aromatic carbocycles. The van der Waals surface area contributed by atoms with Gasteiger partial charge >= 0.3 is 0 Å². The predicted molar refractivity (Wildman–Crippen MR) is 236 cm³/mol. The van der Waals surface area contributed by atoms with Gasteiger partial charge in [-0.05, 0) is 74.8 Å². The summed E-state index contributed by atoms with van der Waals surface area (Å²) in [5.74, 6) is 2.59. The Hall–Kier alpha value is -7.96. The molecule has 0 aliphatic carbocycles. The predicted octanol–water partition coefficient (Wildman–Crippen LogP) is 13.2. The molecule has 0 atom stereocenters. The van der Waals surface area contributed by atoms with Crippen LogP contribution in [0.3, 0.4) is 0 Å². The van der Waals surface area contributed by atoms with E-state index in [4.69, 9.17) is 24.4 Å². The minimum absolute atomic E-state index is 0.572. The Bertz CT molecular complexity index is 3540. The van der Waals surface area contributed by atoms with E-state index in [2.05, 4.69) is 138 Å². The first-order chi connectivity index (χ1) is 28.8. The Morgan fingerprint density at radius 2 is 0.948 bits per heavy atom. The Labute approximate surface area is 332 Å². The highest BCUT2D eigenvalue weighted by Gasteiger charge is 2.23. The zero-order valence-electron chi connectivity index (χ0n) is 31.0. The summed E-state index contributed by atoms with van der Waals surface area (Å²) in [5, 5.41) is 9.14. The molecule has 0 N–H and O–H groups in total. The van der Waals surface area contributed by atoms with Crippen LogP contribution in [0.15, 0.2) is 192 Å². The van der Waals surface area contributed by atoms with Crippen molar-refractivity contribution in [2.45, 2.75) is 0 Å². The van der Waals surface area contributed by atoms with Crippen LogP contribution in [-0.2, 0) is 0 Å². The molecule has 0 saturated heterocycles. The number of benzene rings is 9. The number of furan rings is 1. The third kappa shape index (κ3) is 4.98. The molecule has 58 heavy (non-hydrogen) atoms. The van der Waals surface area contributed by atoms with E-state index in [9.17, 15) is 0 Å². The number of rotatable bonds is 5. The third-order valence-corrected chi connectivity index (χ3v) is 11.2. The van der Waals surface area contributed by atoms with Crippen molar-refractivity contribution in [3.8, 4) is 51.2 Å². The first kappa shape index (κ1) is 32.3. The number of hydrogen-bond donors (Lipinski definition) is 0. The summed E-state index contributed by atoms with van der Waals surface area (Å²) < 4.78 is 9.02. The summed E-state index contributed by atoms with van der Waals surface area (Å²) in [6.45, 7) is 0. The molecular formula is C52H31N5O. The van der Waals surface area contributed by atoms with Gasteiger partial charge in [0, 0.05) is 33.2 Å². The first-order valence-electron chi connectivity index (χ1n) is 19.4. The van der Waals surface area contributed by atoms with Gasteiger partial charge in [-0.2, -0.15) is 0 Å². The highest BCUT2D eigenvalue weighted by atomic mass is 16.3. The molecule has 0 aliphatic heterocycles. The van der Waals surface area contributed by atoms with Gasteiger partial charge in [-0.3, -0.25) is 4.57 Å². The maximum atomic E-state index is 6.82. The quantitative estimate of drug-likeness (QED) is 0.164. The summed E-state index contributed by atoms with van der Waals surface area (Å²) in [6.07, 6.45) is 0. The number of fused-ring (bicyclic) bond motifs is 10. The molecule has 0 radical (unpaired) electrons. The molecule has 0 spiro atoms. The van der Waals surface area contributed by atoms with Crippen LogP contribution in [0.2, 0.25) is 0 Å². The van der Waals surface area contributed by atoms with Crippen molar-refractivity contribution in [2.24, 2.45) is 0 Å². The van der Waals surface area contributed by atoms with E-state index in [0.717, 1.165) is 72.1 Å². The van der Waals surface area contributed by atoms with Gasteiger partial charge in [0.1, 0.15) is 17.0 Å². The fourth-order valence-corrected chi connectivity index (χ4v) is 8.64. The average Bonchev–Trinajstić information content (AvgIpc) is 3.89. The lowest BCUT2D eigenvalue weighted by Gasteiger charge is -2.13. The monoisotopic (exact) mass is 741 g/mol. The van der Waals surface area contributed by atoms with E-state index in [1.807, 2.05) is 54.6 Å². The van der Waals surface area contributed by atoms with Crippen molar-refractivity contribution in [2.75, 3.05) is 0 Å². The summed E-state index contributed by atoms with van der Waals surface area (Å²) in [5.41, 5.74) is 8.06. The number of hydrogen-bond acceptors (Lipinski definition) is 5. The van der Waals surface area contributed by atoms with Crippen LogP contribution in [0.4, 0.5) is 0 Å². The lowest BCUT2D eigenvalue weighted by atomic mass is 9.93. The second-order valence-corrected chi connectivity index (χ2v) is 14.6. The van der Waals surface area contributed by atoms with Crippen molar-refractivity contribution in [3.63, 3.8) is 0 Å². The van der Waals surface area contributed by atoms with Crippen LogP contribution in [0.25, 0.3) is 117 Å². The molecule has 6 nitrogen and oxygen atoms in total. The lowest BCUT2D eigenvalue weighted by molar-refractivity contribution is 0.669. The largest absolute Gasteiger partial charge is 0.455 e. The van der Waals surface area contributed by atoms with Crippen LogP contribution < -0.4 is 0 Å². The Kier molecular flexibility index (Phi) is 7.13. The Balaban J connectivity index is 1.09. The maximum absolute atomic E-state index is 6.82. The van der Waals surface area contributed by atoms with Gasteiger partial charge in [-0.15, -0.1) is 0 Å². The molecule has 12 rings (SSSR count). The minimum Gasteiger partial charge on any atom is -0.455 e. The van der Waals surface area contributed by atoms with E-state index >= 15 is 0 Å². The molecule has 0 aliphatic rings. The molecule has 12 aromatic rings. The van der Waals surface area contributed by atoms with Gasteiger partial charge in [0.2, 0.25) is 0 Å². The number of nitrogens with zero attached hydrogens (tertiary/aromatic N) is 5. The summed E-state index contributed by atoms with van der Waals surface area (Å²) >= 11 is 0. The van der Waals surface area contributed by atoms with Crippen LogP contribution in [-0.4, -0.2) is 24.5 Å². The van der Waals surface area contributed by atoms with Crippen molar-refractivity contribution < 1.29 is 4.42 Å². The molecule has 270 valence electrons. The fraction of sp³-hybridized carbons (Fsp3) is 0. The van der Waals surface area contributed by atoms with Crippen LogP contribution in [0.1, 0.15) is 0 Å². The van der Waals surface area contributed by atoms with Crippen molar-refractivity contribution >= 4 is 65.3 Å². The molecule has 0 saturated carbocycles. The van der Waals surface area contributed by atoms with Crippen LogP contribution in [0, 0.1) is 0 Å².